The Morgan fingerprint density at radius 1 is 0.810 bits per heavy atom. The number of hydrogen-bond donors (Lipinski definition) is 1. The first-order chi connectivity index (χ1) is 38.2. The molecule has 1 saturated heterocycles. The van der Waals surface area contributed by atoms with Crippen molar-refractivity contribution in [3.8, 4) is 22.6 Å². The van der Waals surface area contributed by atoms with Crippen LogP contribution in [0.2, 0.25) is 0 Å². The quantitative estimate of drug-likeness (QED) is 0.0143. The molecule has 2 fully saturated rings. The van der Waals surface area contributed by atoms with Crippen molar-refractivity contribution in [2.75, 3.05) is 26.4 Å². The third kappa shape index (κ3) is 16.5. The van der Waals surface area contributed by atoms with Crippen LogP contribution in [0.1, 0.15) is 137 Å². The zero-order valence-electron chi connectivity index (χ0n) is 45.6. The Hall–Kier alpha value is -5.26. The van der Waals surface area contributed by atoms with Gasteiger partial charge < -0.3 is 30.6 Å². The number of nitrogens with one attached hydrogen (secondary N) is 1. The Morgan fingerprint density at radius 2 is 1.57 bits per heavy atom. The summed E-state index contributed by atoms with van der Waals surface area (Å²) in [5.41, 5.74) is 10.5. The van der Waals surface area contributed by atoms with Gasteiger partial charge in [-0.3, -0.25) is 4.79 Å². The van der Waals surface area contributed by atoms with Crippen LogP contribution in [-0.4, -0.2) is 63.0 Å². The Labute approximate surface area is 498 Å². The van der Waals surface area contributed by atoms with Crippen LogP contribution >= 0.6 is 23.5 Å². The number of nitrogens with zero attached hydrogens (tertiary/aromatic N) is 1. The molecule has 9 nitrogen and oxygen atoms in total. The van der Waals surface area contributed by atoms with E-state index in [1.807, 2.05) is 36.6 Å². The van der Waals surface area contributed by atoms with Crippen LogP contribution < -0.4 is 14.6 Å². The number of hydrogen-bond acceptors (Lipinski definition) is 10. The van der Waals surface area contributed by atoms with Crippen molar-refractivity contribution >= 4 is 54.0 Å². The van der Waals surface area contributed by atoms with E-state index in [1.165, 1.54) is 65.9 Å². The monoisotopic (exact) mass is 1320 g/mol. The predicted octanol–water partition coefficient (Wildman–Crippen LogP) is 13.8. The van der Waals surface area contributed by atoms with E-state index < -0.39 is 11.9 Å². The molecule has 0 radical (unpaired) electrons. The maximum atomic E-state index is 16.2. The largest absolute Gasteiger partial charge is 2.00 e. The molecule has 0 aromatic heterocycles. The van der Waals surface area contributed by atoms with Crippen molar-refractivity contribution in [1.29, 1.82) is 0 Å². The molecule has 10 rings (SSSR count). The predicted molar refractivity (Wildman–Crippen MR) is 311 cm³/mol. The maximum Gasteiger partial charge on any atom is 2.00 e. The second kappa shape index (κ2) is 30.0. The number of fused-ring (bicyclic) bond motifs is 3. The molecule has 3 atom stereocenters. The topological polar surface area (TPSA) is 110 Å². The SMILES string of the molecule is CCCc1ccc(-c2ccc(C(=O)OCCc3ccc(OC(=O)c4c[c-]c(OCCCOCC5CCC6OC6C5)cc4)c4c3S/C(=C\c3ccc(C=N/[NH+]=C/c5cccc6c5CCCC6)c(C)c3F)S4)cc2)cc1.[CH2-]CCC.[U+2]. The number of halogens is 1. The molecule has 2 aliphatic carbocycles. The summed E-state index contributed by atoms with van der Waals surface area (Å²) >= 11 is 2.87. The number of esters is 2. The first kappa shape index (κ1) is 59.9. The summed E-state index contributed by atoms with van der Waals surface area (Å²) < 4.78 is 46.3. The molecule has 13 heteroatoms. The van der Waals surface area contributed by atoms with Crippen LogP contribution in [0.15, 0.2) is 128 Å². The van der Waals surface area contributed by atoms with Gasteiger partial charge in [0, 0.05) is 53.4 Å². The second-order valence-electron chi connectivity index (χ2n) is 20.2. The third-order valence-electron chi connectivity index (χ3n) is 14.5. The molecule has 0 amide bonds. The summed E-state index contributed by atoms with van der Waals surface area (Å²) in [6, 6.07) is 37.7. The zero-order valence-corrected chi connectivity index (χ0v) is 51.4. The van der Waals surface area contributed by atoms with E-state index in [2.05, 4.69) is 79.5 Å². The van der Waals surface area contributed by atoms with E-state index in [0.29, 0.717) is 77.1 Å². The minimum atomic E-state index is -0.549. The van der Waals surface area contributed by atoms with E-state index in [-0.39, 0.29) is 43.5 Å². The molecule has 4 aliphatic rings. The third-order valence-corrected chi connectivity index (χ3v) is 17.1. The minimum Gasteiger partial charge on any atom is -0.519 e. The van der Waals surface area contributed by atoms with E-state index >= 15 is 4.39 Å². The summed E-state index contributed by atoms with van der Waals surface area (Å²) in [7, 11) is 0. The van der Waals surface area contributed by atoms with Crippen molar-refractivity contribution in [3.05, 3.63) is 188 Å². The molecule has 6 aromatic rings. The van der Waals surface area contributed by atoms with Gasteiger partial charge in [0.2, 0.25) is 6.21 Å². The number of thioether (sulfide) groups is 2. The Morgan fingerprint density at radius 3 is 2.33 bits per heavy atom. The number of rotatable bonds is 21. The van der Waals surface area contributed by atoms with Gasteiger partial charge in [-0.2, -0.15) is 18.6 Å². The maximum absolute atomic E-state index is 16.2. The van der Waals surface area contributed by atoms with Crippen LogP contribution in [0, 0.1) is 62.8 Å². The molecule has 0 bridgehead atoms. The van der Waals surface area contributed by atoms with Gasteiger partial charge in [0.25, 0.3) is 5.97 Å². The van der Waals surface area contributed by atoms with E-state index in [0.717, 1.165) is 94.3 Å². The fourth-order valence-corrected chi connectivity index (χ4v) is 12.5. The fraction of sp³-hybridized carbons (Fsp3) is 0.348. The average Bonchev–Trinajstić information content (AvgIpc) is 4.23. The van der Waals surface area contributed by atoms with Crippen LogP contribution in [-0.2, 0) is 39.9 Å². The van der Waals surface area contributed by atoms with Gasteiger partial charge in [0.15, 0.2) is 0 Å². The van der Waals surface area contributed by atoms with Crippen molar-refractivity contribution in [1.82, 2.24) is 0 Å². The molecule has 0 spiro atoms. The number of hydrazone groups is 1. The molecule has 2 heterocycles. The van der Waals surface area contributed by atoms with Crippen molar-refractivity contribution in [2.45, 2.75) is 126 Å². The smallest absolute Gasteiger partial charge is 0.519 e. The number of aryl methyl sites for hydroxylation is 2. The van der Waals surface area contributed by atoms with Crippen molar-refractivity contribution in [2.24, 2.45) is 11.0 Å². The molecule has 1 saturated carbocycles. The van der Waals surface area contributed by atoms with Crippen LogP contribution in [0.4, 0.5) is 4.39 Å². The number of ether oxygens (including phenoxy) is 5. The number of epoxide rings is 1. The molecular formula is C66H70FN2O7S2U+. The fourth-order valence-electron chi connectivity index (χ4n) is 9.92. The number of carbonyl (C=O) groups is 2. The first-order valence-electron chi connectivity index (χ1n) is 27.7. The van der Waals surface area contributed by atoms with E-state index in [9.17, 15) is 9.59 Å². The molecule has 408 valence electrons. The van der Waals surface area contributed by atoms with Crippen molar-refractivity contribution < 1.29 is 73.9 Å². The van der Waals surface area contributed by atoms with Gasteiger partial charge in [-0.25, -0.2) is 9.18 Å². The zero-order chi connectivity index (χ0) is 54.2. The van der Waals surface area contributed by atoms with Gasteiger partial charge in [-0.15, -0.1) is 17.2 Å². The van der Waals surface area contributed by atoms with Crippen molar-refractivity contribution in [3.63, 3.8) is 0 Å². The van der Waals surface area contributed by atoms with Gasteiger partial charge >= 0.3 is 37.1 Å². The second-order valence-corrected chi connectivity index (χ2v) is 22.6. The Kier molecular flexibility index (Phi) is 22.7. The molecule has 1 N–H and O–H groups in total. The summed E-state index contributed by atoms with van der Waals surface area (Å²) in [6.07, 6.45) is 19.8. The summed E-state index contributed by atoms with van der Waals surface area (Å²) in [6.45, 7) is 11.6. The van der Waals surface area contributed by atoms with Gasteiger partial charge in [0.05, 0.1) is 40.1 Å². The molecule has 3 unspecified atom stereocenters. The number of carbonyl (C=O) groups excluding carboxylic acids is 2. The molecule has 2 aliphatic heterocycles. The molecule has 6 aromatic carbocycles. The summed E-state index contributed by atoms with van der Waals surface area (Å²) in [5.74, 6) is 0.156. The van der Waals surface area contributed by atoms with E-state index in [4.69, 9.17) is 23.7 Å². The van der Waals surface area contributed by atoms with Crippen LogP contribution in [0.5, 0.6) is 11.5 Å². The van der Waals surface area contributed by atoms with Gasteiger partial charge in [0.1, 0.15) is 17.8 Å². The summed E-state index contributed by atoms with van der Waals surface area (Å²) in [5, 5.41) is 7.47. The number of benzene rings is 6. The normalized spacial score (nSPS) is 17.5. The molecule has 79 heavy (non-hydrogen) atoms. The Bertz CT molecular complexity index is 3110. The van der Waals surface area contributed by atoms with Gasteiger partial charge in [-0.05, 0) is 144 Å². The Balaban J connectivity index is 0.00000159. The van der Waals surface area contributed by atoms with E-state index in [1.54, 1.807) is 55.6 Å². The van der Waals surface area contributed by atoms with Crippen LogP contribution in [0.3, 0.4) is 0 Å². The average molecular weight is 1320 g/mol. The summed E-state index contributed by atoms with van der Waals surface area (Å²) in [4.78, 5) is 28.5. The number of unbranched alkanes of at least 4 members (excludes halogenated alkanes) is 1. The molecular weight excluding hydrogens is 1250 g/mol. The van der Waals surface area contributed by atoms with Gasteiger partial charge in [-0.1, -0.05) is 117 Å². The standard InChI is InChI=1S/C62H60FN2O7S2.C4H9.U/c1-3-8-41-13-16-43(17-14-41)44-18-20-47(21-19-44)61(66)70-34-31-46-26-30-55(72-62(67)48-24-27-52(28-25-48)69-33-7-32-68-39-42-15-29-54-56(35-42)71-54)60-59(46)73-57(74-60)36-49-22-23-50(40(2)58(49)63)37-64-65-38-51-11-6-10-45-9-4-5-12-53(45)51;1-3-4-2;/h6,10-11,13-14,16-27,30,36-38,42,54,56H,3-5,7-9,12,15,29,31-35,39H2,1-2H3;1,3-4H2,2H3;/q2*-1;+2/p+1/b57-36+,64-37?,65-38+;;. The minimum absolute atomic E-state index is 0. The first-order valence-corrected chi connectivity index (χ1v) is 29.3. The van der Waals surface area contributed by atoms with Crippen LogP contribution in [0.25, 0.3) is 17.2 Å².